The molecule has 136 valence electrons. The summed E-state index contributed by atoms with van der Waals surface area (Å²) in [5.41, 5.74) is 3.44. The number of hydrogen-bond donors (Lipinski definition) is 1. The molecule has 0 atom stereocenters. The third-order valence-electron chi connectivity index (χ3n) is 4.28. The number of benzene rings is 1. The summed E-state index contributed by atoms with van der Waals surface area (Å²) in [7, 11) is -3.68. The van der Waals surface area contributed by atoms with Gasteiger partial charge in [0.1, 0.15) is 0 Å². The van der Waals surface area contributed by atoms with Crippen LogP contribution >= 0.6 is 0 Å². The van der Waals surface area contributed by atoms with Crippen molar-refractivity contribution < 1.29 is 8.42 Å². The van der Waals surface area contributed by atoms with Gasteiger partial charge in [-0.05, 0) is 46.6 Å². The van der Waals surface area contributed by atoms with E-state index in [1.807, 2.05) is 39.8 Å². The van der Waals surface area contributed by atoms with Crippen LogP contribution in [0.5, 0.6) is 0 Å². The molecule has 2 rings (SSSR count). The van der Waals surface area contributed by atoms with Gasteiger partial charge >= 0.3 is 0 Å². The second-order valence-electron chi connectivity index (χ2n) is 7.33. The molecule has 5 heteroatoms. The maximum absolute atomic E-state index is 13.2. The molecule has 4 nitrogen and oxygen atoms in total. The Bertz CT molecular complexity index is 797. The van der Waals surface area contributed by atoms with Gasteiger partial charge in [0.25, 0.3) is 10.0 Å². The maximum atomic E-state index is 13.2. The predicted molar refractivity (Wildman–Crippen MR) is 104 cm³/mol. The molecule has 0 bridgehead atoms. The van der Waals surface area contributed by atoms with Gasteiger partial charge in [0.05, 0.1) is 10.6 Å². The molecule has 1 aromatic carbocycles. The standard InChI is InChI=1S/C20H28N2O2S/c1-13(2)16-11-18(14(3)4)20(19(12-16)15(5)6)25(23,24)22-17-7-9-21-10-8-17/h7-15H,1-6H3,(H,21,22). The molecule has 0 unspecified atom stereocenters. The minimum Gasteiger partial charge on any atom is -0.280 e. The van der Waals surface area contributed by atoms with E-state index in [4.69, 9.17) is 0 Å². The van der Waals surface area contributed by atoms with Gasteiger partial charge in [0.2, 0.25) is 0 Å². The summed E-state index contributed by atoms with van der Waals surface area (Å²) in [6, 6.07) is 7.40. The number of anilines is 1. The van der Waals surface area contributed by atoms with Gasteiger partial charge in [0.15, 0.2) is 0 Å². The van der Waals surface area contributed by atoms with Gasteiger partial charge in [-0.3, -0.25) is 9.71 Å². The van der Waals surface area contributed by atoms with Crippen molar-refractivity contribution in [3.63, 3.8) is 0 Å². The molecule has 1 aromatic heterocycles. The number of rotatable bonds is 6. The number of aromatic nitrogens is 1. The summed E-state index contributed by atoms with van der Waals surface area (Å²) in [6.07, 6.45) is 3.15. The Kier molecular flexibility index (Phi) is 5.88. The molecule has 0 spiro atoms. The van der Waals surface area contributed by atoms with Gasteiger partial charge in [-0.1, -0.05) is 53.7 Å². The fourth-order valence-electron chi connectivity index (χ4n) is 2.83. The molecule has 0 amide bonds. The monoisotopic (exact) mass is 360 g/mol. The Hall–Kier alpha value is -1.88. The molecule has 0 fully saturated rings. The maximum Gasteiger partial charge on any atom is 0.262 e. The van der Waals surface area contributed by atoms with Crippen molar-refractivity contribution in [2.45, 2.75) is 64.2 Å². The van der Waals surface area contributed by atoms with E-state index >= 15 is 0 Å². The second kappa shape index (κ2) is 7.56. The average molecular weight is 361 g/mol. The van der Waals surface area contributed by atoms with Crippen LogP contribution < -0.4 is 4.72 Å². The molecule has 0 aliphatic rings. The minimum absolute atomic E-state index is 0.111. The van der Waals surface area contributed by atoms with Crippen LogP contribution in [-0.4, -0.2) is 13.4 Å². The molecule has 2 aromatic rings. The number of sulfonamides is 1. The highest BCUT2D eigenvalue weighted by Crippen LogP contribution is 2.35. The number of nitrogens with one attached hydrogen (secondary N) is 1. The topological polar surface area (TPSA) is 59.1 Å². The number of pyridine rings is 1. The Morgan fingerprint density at radius 2 is 1.32 bits per heavy atom. The normalized spacial score (nSPS) is 12.2. The smallest absolute Gasteiger partial charge is 0.262 e. The van der Waals surface area contributed by atoms with Crippen LogP contribution in [0.3, 0.4) is 0 Å². The molecule has 25 heavy (non-hydrogen) atoms. The van der Waals surface area contributed by atoms with E-state index < -0.39 is 10.0 Å². The van der Waals surface area contributed by atoms with Crippen molar-refractivity contribution in [2.24, 2.45) is 0 Å². The Morgan fingerprint density at radius 3 is 1.72 bits per heavy atom. The summed E-state index contributed by atoms with van der Waals surface area (Å²) in [6.45, 7) is 12.4. The highest BCUT2D eigenvalue weighted by atomic mass is 32.2. The van der Waals surface area contributed by atoms with E-state index in [0.717, 1.165) is 11.1 Å². The van der Waals surface area contributed by atoms with Crippen LogP contribution in [0.15, 0.2) is 41.6 Å². The molecular weight excluding hydrogens is 332 g/mol. The SMILES string of the molecule is CC(C)c1cc(C(C)C)c(S(=O)(=O)Nc2ccncc2)c(C(C)C)c1. The van der Waals surface area contributed by atoms with Crippen LogP contribution in [0, 0.1) is 0 Å². The van der Waals surface area contributed by atoms with E-state index in [2.05, 4.69) is 23.6 Å². The molecule has 0 aliphatic heterocycles. The van der Waals surface area contributed by atoms with Gasteiger partial charge in [-0.15, -0.1) is 0 Å². The molecule has 0 aliphatic carbocycles. The lowest BCUT2D eigenvalue weighted by Gasteiger charge is -2.23. The number of hydrogen-bond acceptors (Lipinski definition) is 3. The van der Waals surface area contributed by atoms with Gasteiger partial charge in [0, 0.05) is 12.4 Å². The third kappa shape index (κ3) is 4.40. The van der Waals surface area contributed by atoms with Crippen molar-refractivity contribution in [2.75, 3.05) is 4.72 Å². The Morgan fingerprint density at radius 1 is 0.840 bits per heavy atom. The minimum atomic E-state index is -3.68. The van der Waals surface area contributed by atoms with E-state index in [0.29, 0.717) is 16.5 Å². The first-order chi connectivity index (χ1) is 11.6. The first-order valence-corrected chi connectivity index (χ1v) is 10.2. The highest BCUT2D eigenvalue weighted by Gasteiger charge is 2.27. The first-order valence-electron chi connectivity index (χ1n) is 8.74. The van der Waals surface area contributed by atoms with Crippen molar-refractivity contribution in [3.05, 3.63) is 53.3 Å². The van der Waals surface area contributed by atoms with Gasteiger partial charge in [-0.2, -0.15) is 0 Å². The molecule has 1 N–H and O–H groups in total. The first kappa shape index (κ1) is 19.4. The van der Waals surface area contributed by atoms with Crippen LogP contribution in [0.1, 0.15) is 76.0 Å². The molecule has 0 radical (unpaired) electrons. The van der Waals surface area contributed by atoms with E-state index in [-0.39, 0.29) is 11.8 Å². The summed E-state index contributed by atoms with van der Waals surface area (Å²) in [4.78, 5) is 4.35. The lowest BCUT2D eigenvalue weighted by molar-refractivity contribution is 0.595. The van der Waals surface area contributed by atoms with Crippen molar-refractivity contribution >= 4 is 15.7 Å². The van der Waals surface area contributed by atoms with E-state index in [1.165, 1.54) is 5.56 Å². The average Bonchev–Trinajstić information content (AvgIpc) is 2.53. The molecule has 0 saturated carbocycles. The summed E-state index contributed by atoms with van der Waals surface area (Å²) < 4.78 is 29.1. The van der Waals surface area contributed by atoms with E-state index in [9.17, 15) is 8.42 Å². The fraction of sp³-hybridized carbons (Fsp3) is 0.450. The van der Waals surface area contributed by atoms with Gasteiger partial charge < -0.3 is 0 Å². The van der Waals surface area contributed by atoms with Crippen LogP contribution in [-0.2, 0) is 10.0 Å². The summed E-state index contributed by atoms with van der Waals surface area (Å²) in [5, 5.41) is 0. The lowest BCUT2D eigenvalue weighted by Crippen LogP contribution is -2.19. The quantitative estimate of drug-likeness (QED) is 0.765. The molecule has 1 heterocycles. The fourth-order valence-corrected chi connectivity index (χ4v) is 4.58. The molecule has 0 saturated heterocycles. The largest absolute Gasteiger partial charge is 0.280 e. The zero-order valence-corrected chi connectivity index (χ0v) is 16.7. The zero-order valence-electron chi connectivity index (χ0n) is 15.9. The lowest BCUT2D eigenvalue weighted by atomic mass is 9.89. The van der Waals surface area contributed by atoms with Crippen molar-refractivity contribution in [1.29, 1.82) is 0 Å². The Labute approximate surface area is 151 Å². The van der Waals surface area contributed by atoms with Crippen molar-refractivity contribution in [3.8, 4) is 0 Å². The highest BCUT2D eigenvalue weighted by molar-refractivity contribution is 7.92. The Balaban J connectivity index is 2.69. The third-order valence-corrected chi connectivity index (χ3v) is 5.79. The summed E-state index contributed by atoms with van der Waals surface area (Å²) in [5.74, 6) is 0.570. The van der Waals surface area contributed by atoms with E-state index in [1.54, 1.807) is 24.5 Å². The van der Waals surface area contributed by atoms with Gasteiger partial charge in [-0.25, -0.2) is 8.42 Å². The van der Waals surface area contributed by atoms with Crippen LogP contribution in [0.4, 0.5) is 5.69 Å². The summed E-state index contributed by atoms with van der Waals surface area (Å²) >= 11 is 0. The van der Waals surface area contributed by atoms with Crippen molar-refractivity contribution in [1.82, 2.24) is 4.98 Å². The number of nitrogens with zero attached hydrogens (tertiary/aromatic N) is 1. The second-order valence-corrected chi connectivity index (χ2v) is 8.95. The molecular formula is C20H28N2O2S. The zero-order chi connectivity index (χ0) is 18.8. The predicted octanol–water partition coefficient (Wildman–Crippen LogP) is 5.25. The van der Waals surface area contributed by atoms with Crippen LogP contribution in [0.2, 0.25) is 0 Å². The van der Waals surface area contributed by atoms with Crippen LogP contribution in [0.25, 0.3) is 0 Å².